The molecule has 20 heavy (non-hydrogen) atoms. The number of esters is 1. The zero-order valence-electron chi connectivity index (χ0n) is 13.1. The molecule has 4 nitrogen and oxygen atoms in total. The number of hydrogen-bond donors (Lipinski definition) is 0. The van der Waals surface area contributed by atoms with E-state index in [-0.39, 0.29) is 22.9 Å². The van der Waals surface area contributed by atoms with Gasteiger partial charge in [-0.2, -0.15) is 5.10 Å². The minimum absolute atomic E-state index is 0.0407. The van der Waals surface area contributed by atoms with Gasteiger partial charge in [-0.15, -0.1) is 0 Å². The van der Waals surface area contributed by atoms with E-state index in [0.717, 1.165) is 18.5 Å². The van der Waals surface area contributed by atoms with Gasteiger partial charge in [-0.05, 0) is 43.6 Å². The molecular weight excluding hydrogens is 252 g/mol. The predicted octanol–water partition coefficient (Wildman–Crippen LogP) is 3.10. The Morgan fingerprint density at radius 1 is 1.45 bits per heavy atom. The lowest BCUT2D eigenvalue weighted by Crippen LogP contribution is -2.38. The van der Waals surface area contributed by atoms with Crippen LogP contribution in [0.5, 0.6) is 0 Å². The fourth-order valence-corrected chi connectivity index (χ4v) is 4.30. The minimum Gasteiger partial charge on any atom is -0.457 e. The summed E-state index contributed by atoms with van der Waals surface area (Å²) < 4.78 is 7.47. The van der Waals surface area contributed by atoms with Gasteiger partial charge in [-0.25, -0.2) is 4.79 Å². The Morgan fingerprint density at radius 3 is 2.60 bits per heavy atom. The Balaban J connectivity index is 1.80. The molecule has 2 aliphatic rings. The van der Waals surface area contributed by atoms with Crippen LogP contribution in [0.15, 0.2) is 6.07 Å². The maximum Gasteiger partial charge on any atom is 0.356 e. The second kappa shape index (κ2) is 4.09. The van der Waals surface area contributed by atoms with Gasteiger partial charge in [0.05, 0.1) is 5.69 Å². The number of carbonyl (C=O) groups excluding carboxylic acids is 1. The monoisotopic (exact) mass is 276 g/mol. The van der Waals surface area contributed by atoms with Gasteiger partial charge in [0.15, 0.2) is 0 Å². The van der Waals surface area contributed by atoms with Crippen LogP contribution in [-0.2, 0) is 11.8 Å². The standard InChI is InChI=1S/C16H24N2O2/c1-10-8-12(18(5)17-10)14(19)20-13-9-11-6-7-16(13,4)15(11,2)3/h8,11,13H,6-7,9H2,1-5H3. The van der Waals surface area contributed by atoms with E-state index in [9.17, 15) is 4.79 Å². The molecule has 2 aliphatic carbocycles. The van der Waals surface area contributed by atoms with E-state index in [1.807, 2.05) is 6.92 Å². The van der Waals surface area contributed by atoms with Crippen molar-refractivity contribution in [3.05, 3.63) is 17.5 Å². The van der Waals surface area contributed by atoms with Gasteiger partial charge in [-0.3, -0.25) is 4.68 Å². The number of nitrogens with zero attached hydrogens (tertiary/aromatic N) is 2. The van der Waals surface area contributed by atoms with E-state index in [1.165, 1.54) is 6.42 Å². The first kappa shape index (κ1) is 13.7. The van der Waals surface area contributed by atoms with Crippen molar-refractivity contribution >= 4 is 5.97 Å². The van der Waals surface area contributed by atoms with Crippen molar-refractivity contribution in [1.29, 1.82) is 0 Å². The molecule has 0 N–H and O–H groups in total. The second-order valence-corrected chi connectivity index (χ2v) is 7.30. The molecule has 2 saturated carbocycles. The van der Waals surface area contributed by atoms with Crippen LogP contribution in [0.2, 0.25) is 0 Å². The Bertz CT molecular complexity index is 561. The quantitative estimate of drug-likeness (QED) is 0.780. The highest BCUT2D eigenvalue weighted by atomic mass is 16.5. The molecule has 0 radical (unpaired) electrons. The van der Waals surface area contributed by atoms with Gasteiger partial charge in [0.2, 0.25) is 0 Å². The van der Waals surface area contributed by atoms with Crippen LogP contribution in [0.1, 0.15) is 56.2 Å². The molecule has 3 unspecified atom stereocenters. The first-order valence-electron chi connectivity index (χ1n) is 7.47. The lowest BCUT2D eigenvalue weighted by Gasteiger charge is -2.38. The molecule has 3 atom stereocenters. The third kappa shape index (κ3) is 1.66. The molecule has 0 amide bonds. The van der Waals surface area contributed by atoms with Gasteiger partial charge >= 0.3 is 5.97 Å². The highest BCUT2D eigenvalue weighted by Crippen LogP contribution is 2.66. The molecule has 0 aliphatic heterocycles. The maximum absolute atomic E-state index is 12.4. The van der Waals surface area contributed by atoms with Crippen LogP contribution in [0.3, 0.4) is 0 Å². The Hall–Kier alpha value is -1.32. The summed E-state index contributed by atoms with van der Waals surface area (Å²) in [5.74, 6) is 0.446. The molecule has 1 aromatic heterocycles. The first-order chi connectivity index (χ1) is 9.25. The minimum atomic E-state index is -0.234. The summed E-state index contributed by atoms with van der Waals surface area (Å²) in [4.78, 5) is 12.4. The average molecular weight is 276 g/mol. The molecule has 2 fully saturated rings. The van der Waals surface area contributed by atoms with E-state index in [0.29, 0.717) is 11.6 Å². The molecule has 1 aromatic rings. The third-order valence-corrected chi connectivity index (χ3v) is 6.17. The van der Waals surface area contributed by atoms with E-state index >= 15 is 0 Å². The van der Waals surface area contributed by atoms with Gasteiger partial charge in [0.1, 0.15) is 11.8 Å². The largest absolute Gasteiger partial charge is 0.457 e. The molecule has 0 saturated heterocycles. The number of carbonyl (C=O) groups is 1. The van der Waals surface area contributed by atoms with Crippen LogP contribution in [0, 0.1) is 23.7 Å². The van der Waals surface area contributed by atoms with Crippen molar-refractivity contribution < 1.29 is 9.53 Å². The van der Waals surface area contributed by atoms with Crippen molar-refractivity contribution in [2.45, 2.75) is 53.1 Å². The Labute approximate surface area is 120 Å². The Kier molecular flexibility index (Phi) is 2.79. The zero-order valence-corrected chi connectivity index (χ0v) is 13.1. The molecule has 0 spiro atoms. The van der Waals surface area contributed by atoms with Crippen LogP contribution < -0.4 is 0 Å². The molecule has 3 rings (SSSR count). The number of hydrogen-bond acceptors (Lipinski definition) is 3. The highest BCUT2D eigenvalue weighted by Gasteiger charge is 2.62. The van der Waals surface area contributed by atoms with Crippen LogP contribution >= 0.6 is 0 Å². The topological polar surface area (TPSA) is 44.1 Å². The molecule has 4 heteroatoms. The summed E-state index contributed by atoms with van der Waals surface area (Å²) in [6.07, 6.45) is 3.47. The van der Waals surface area contributed by atoms with Gasteiger partial charge in [-0.1, -0.05) is 20.8 Å². The highest BCUT2D eigenvalue weighted by molar-refractivity contribution is 5.87. The number of rotatable bonds is 2. The lowest BCUT2D eigenvalue weighted by atomic mass is 9.70. The normalized spacial score (nSPS) is 34.5. The summed E-state index contributed by atoms with van der Waals surface area (Å²) in [6.45, 7) is 8.82. The van der Waals surface area contributed by atoms with Crippen molar-refractivity contribution in [2.24, 2.45) is 23.8 Å². The molecular formula is C16H24N2O2. The SMILES string of the molecule is Cc1cc(C(=O)OC2CC3CCC2(C)C3(C)C)n(C)n1. The van der Waals surface area contributed by atoms with E-state index in [1.54, 1.807) is 17.8 Å². The van der Waals surface area contributed by atoms with Gasteiger partial charge in [0, 0.05) is 12.5 Å². The summed E-state index contributed by atoms with van der Waals surface area (Å²) in [5, 5.41) is 4.22. The maximum atomic E-state index is 12.4. The average Bonchev–Trinajstić information content (AvgIpc) is 2.86. The molecule has 110 valence electrons. The van der Waals surface area contributed by atoms with Crippen LogP contribution in [-0.4, -0.2) is 21.9 Å². The Morgan fingerprint density at radius 2 is 2.15 bits per heavy atom. The van der Waals surface area contributed by atoms with Gasteiger partial charge < -0.3 is 4.74 Å². The first-order valence-corrected chi connectivity index (χ1v) is 7.47. The fraction of sp³-hybridized carbons (Fsp3) is 0.750. The van der Waals surface area contributed by atoms with E-state index in [4.69, 9.17) is 4.74 Å². The summed E-state index contributed by atoms with van der Waals surface area (Å²) in [7, 11) is 1.79. The zero-order chi connectivity index (χ0) is 14.7. The smallest absolute Gasteiger partial charge is 0.356 e. The lowest BCUT2D eigenvalue weighted by molar-refractivity contribution is -0.0250. The van der Waals surface area contributed by atoms with Crippen molar-refractivity contribution in [2.75, 3.05) is 0 Å². The van der Waals surface area contributed by atoms with E-state index in [2.05, 4.69) is 25.9 Å². The summed E-state index contributed by atoms with van der Waals surface area (Å²) in [5.41, 5.74) is 1.77. The number of aryl methyl sites for hydroxylation is 2. The number of fused-ring (bicyclic) bond motifs is 2. The fourth-order valence-electron chi connectivity index (χ4n) is 4.30. The van der Waals surface area contributed by atoms with Crippen LogP contribution in [0.4, 0.5) is 0 Å². The second-order valence-electron chi connectivity index (χ2n) is 7.30. The summed E-state index contributed by atoms with van der Waals surface area (Å²) >= 11 is 0. The van der Waals surface area contributed by atoms with Crippen molar-refractivity contribution in [3.8, 4) is 0 Å². The molecule has 2 bridgehead atoms. The molecule has 1 heterocycles. The van der Waals surface area contributed by atoms with Gasteiger partial charge in [0.25, 0.3) is 0 Å². The van der Waals surface area contributed by atoms with Crippen LogP contribution in [0.25, 0.3) is 0 Å². The number of aromatic nitrogens is 2. The predicted molar refractivity (Wildman–Crippen MR) is 76.4 cm³/mol. The molecule has 0 aromatic carbocycles. The number of ether oxygens (including phenoxy) is 1. The third-order valence-electron chi connectivity index (χ3n) is 6.17. The summed E-state index contributed by atoms with van der Waals surface area (Å²) in [6, 6.07) is 1.79. The van der Waals surface area contributed by atoms with E-state index < -0.39 is 0 Å². The van der Waals surface area contributed by atoms with Crippen molar-refractivity contribution in [3.63, 3.8) is 0 Å². The van der Waals surface area contributed by atoms with Crippen molar-refractivity contribution in [1.82, 2.24) is 9.78 Å².